The van der Waals surface area contributed by atoms with Crippen molar-refractivity contribution in [1.82, 2.24) is 0 Å². The maximum atomic E-state index is 13.2. The number of ether oxygens (including phenoxy) is 1. The van der Waals surface area contributed by atoms with Crippen molar-refractivity contribution >= 4 is 11.8 Å². The monoisotopic (exact) mass is 215 g/mol. The number of nitriles is 1. The maximum absolute atomic E-state index is 13.2. The lowest BCUT2D eigenvalue weighted by molar-refractivity contribution is 0.380. The zero-order chi connectivity index (χ0) is 10.6. The van der Waals surface area contributed by atoms with Crippen molar-refractivity contribution < 1.29 is 13.5 Å². The van der Waals surface area contributed by atoms with Crippen molar-refractivity contribution in [2.75, 3.05) is 12.9 Å². The average molecular weight is 215 g/mol. The molecule has 0 atom stereocenters. The largest absolute Gasteiger partial charge is 0.494 e. The summed E-state index contributed by atoms with van der Waals surface area (Å²) in [6.45, 7) is 0. The first-order valence-electron chi connectivity index (χ1n) is 3.71. The second kappa shape index (κ2) is 4.82. The van der Waals surface area contributed by atoms with Gasteiger partial charge in [0, 0.05) is 11.0 Å². The lowest BCUT2D eigenvalue weighted by Gasteiger charge is -2.04. The highest BCUT2D eigenvalue weighted by atomic mass is 32.2. The highest BCUT2D eigenvalue weighted by Gasteiger charge is 2.10. The molecule has 0 aliphatic carbocycles. The Kier molecular flexibility index (Phi) is 3.72. The first-order chi connectivity index (χ1) is 6.69. The molecule has 0 aromatic heterocycles. The molecule has 0 saturated heterocycles. The predicted molar refractivity (Wildman–Crippen MR) is 49.2 cm³/mol. The fourth-order valence-electron chi connectivity index (χ4n) is 0.887. The van der Waals surface area contributed by atoms with Crippen molar-refractivity contribution in [2.45, 2.75) is 4.90 Å². The van der Waals surface area contributed by atoms with Crippen LogP contribution in [0.2, 0.25) is 0 Å². The topological polar surface area (TPSA) is 33.0 Å². The molecule has 2 nitrogen and oxygen atoms in total. The molecule has 1 aromatic rings. The van der Waals surface area contributed by atoms with E-state index in [2.05, 4.69) is 4.74 Å². The summed E-state index contributed by atoms with van der Waals surface area (Å²) in [4.78, 5) is 0.116. The van der Waals surface area contributed by atoms with Crippen LogP contribution < -0.4 is 4.74 Å². The predicted octanol–water partition coefficient (Wildman–Crippen LogP) is 2.59. The minimum absolute atomic E-state index is 0.0860. The van der Waals surface area contributed by atoms with Crippen molar-refractivity contribution in [3.05, 3.63) is 23.8 Å². The second-order valence-electron chi connectivity index (χ2n) is 2.36. The molecule has 0 aliphatic rings. The van der Waals surface area contributed by atoms with E-state index in [1.807, 2.05) is 6.07 Å². The molecule has 0 spiro atoms. The van der Waals surface area contributed by atoms with Gasteiger partial charge < -0.3 is 4.74 Å². The van der Waals surface area contributed by atoms with Crippen LogP contribution >= 0.6 is 11.8 Å². The molecule has 0 unspecified atom stereocenters. The molecule has 74 valence electrons. The van der Waals surface area contributed by atoms with Gasteiger partial charge in [-0.2, -0.15) is 5.26 Å². The Morgan fingerprint density at radius 3 is 2.71 bits per heavy atom. The fraction of sp³-hybridized carbons (Fsp3) is 0.222. The van der Waals surface area contributed by atoms with Crippen LogP contribution in [0.4, 0.5) is 8.78 Å². The molecular weight excluding hydrogens is 208 g/mol. The van der Waals surface area contributed by atoms with Gasteiger partial charge in [-0.3, -0.25) is 0 Å². The number of halogens is 2. The summed E-state index contributed by atoms with van der Waals surface area (Å²) < 4.78 is 30.8. The zero-order valence-corrected chi connectivity index (χ0v) is 8.20. The van der Waals surface area contributed by atoms with Crippen molar-refractivity contribution in [2.24, 2.45) is 0 Å². The molecule has 14 heavy (non-hydrogen) atoms. The van der Waals surface area contributed by atoms with Gasteiger partial charge in [-0.15, -0.1) is 11.8 Å². The number of nitrogens with zero attached hydrogens (tertiary/aromatic N) is 1. The van der Waals surface area contributed by atoms with Crippen LogP contribution in [0.3, 0.4) is 0 Å². The Morgan fingerprint density at radius 1 is 1.43 bits per heavy atom. The molecular formula is C9H7F2NOS. The quantitative estimate of drug-likeness (QED) is 0.726. The summed E-state index contributed by atoms with van der Waals surface area (Å²) >= 11 is 0.949. The van der Waals surface area contributed by atoms with Crippen LogP contribution in [0.5, 0.6) is 5.75 Å². The fourth-order valence-corrected chi connectivity index (χ4v) is 1.49. The third-order valence-corrected chi connectivity index (χ3v) is 2.40. The number of benzene rings is 1. The van der Waals surface area contributed by atoms with E-state index in [-0.39, 0.29) is 16.4 Å². The molecule has 0 fully saturated rings. The van der Waals surface area contributed by atoms with Gasteiger partial charge in [-0.05, 0) is 6.07 Å². The van der Waals surface area contributed by atoms with Crippen LogP contribution in [0, 0.1) is 23.0 Å². The van der Waals surface area contributed by atoms with Crippen molar-refractivity contribution in [1.29, 1.82) is 5.26 Å². The summed E-state index contributed by atoms with van der Waals surface area (Å²) in [6.07, 6.45) is 0. The molecule has 0 aliphatic heterocycles. The van der Waals surface area contributed by atoms with E-state index < -0.39 is 11.6 Å². The molecule has 5 heteroatoms. The molecule has 1 aromatic carbocycles. The first-order valence-corrected chi connectivity index (χ1v) is 4.70. The number of hydrogen-bond donors (Lipinski definition) is 0. The van der Waals surface area contributed by atoms with E-state index >= 15 is 0 Å². The zero-order valence-electron chi connectivity index (χ0n) is 7.38. The minimum Gasteiger partial charge on any atom is -0.494 e. The Labute approximate surface area is 84.5 Å². The second-order valence-corrected chi connectivity index (χ2v) is 3.38. The molecule has 0 radical (unpaired) electrons. The van der Waals surface area contributed by atoms with Crippen LogP contribution in [0.15, 0.2) is 17.0 Å². The summed E-state index contributed by atoms with van der Waals surface area (Å²) in [5.74, 6) is -1.26. The van der Waals surface area contributed by atoms with E-state index in [4.69, 9.17) is 5.26 Å². The van der Waals surface area contributed by atoms with Crippen LogP contribution in [0.25, 0.3) is 0 Å². The normalized spacial score (nSPS) is 9.57. The van der Waals surface area contributed by atoms with Gasteiger partial charge in [0.25, 0.3) is 0 Å². The standard InChI is InChI=1S/C9H7F2NOS/c1-13-8-4-7(11)9(5-6(8)10)14-3-2-12/h4-5H,3H2,1H3. The SMILES string of the molecule is COc1cc(F)c(SCC#N)cc1F. The number of methoxy groups -OCH3 is 1. The van der Waals surface area contributed by atoms with Gasteiger partial charge in [-0.25, -0.2) is 8.78 Å². The minimum atomic E-state index is -0.630. The Hall–Kier alpha value is -1.28. The van der Waals surface area contributed by atoms with Gasteiger partial charge in [0.2, 0.25) is 0 Å². The van der Waals surface area contributed by atoms with Crippen LogP contribution in [-0.4, -0.2) is 12.9 Å². The number of hydrogen-bond acceptors (Lipinski definition) is 3. The summed E-state index contributed by atoms with van der Waals surface area (Å²) in [5, 5.41) is 8.28. The summed E-state index contributed by atoms with van der Waals surface area (Å²) in [7, 11) is 1.26. The summed E-state index contributed by atoms with van der Waals surface area (Å²) in [5.41, 5.74) is 0. The molecule has 0 amide bonds. The van der Waals surface area contributed by atoms with E-state index in [0.29, 0.717) is 0 Å². The Morgan fingerprint density at radius 2 is 2.14 bits per heavy atom. The maximum Gasteiger partial charge on any atom is 0.166 e. The lowest BCUT2D eigenvalue weighted by Crippen LogP contribution is -1.91. The average Bonchev–Trinajstić information content (AvgIpc) is 2.18. The number of thioether (sulfide) groups is 1. The molecule has 0 saturated carbocycles. The van der Waals surface area contributed by atoms with E-state index in [1.54, 1.807) is 0 Å². The van der Waals surface area contributed by atoms with Gasteiger partial charge >= 0.3 is 0 Å². The smallest absolute Gasteiger partial charge is 0.166 e. The first kappa shape index (κ1) is 10.8. The van der Waals surface area contributed by atoms with Crippen LogP contribution in [0.1, 0.15) is 0 Å². The van der Waals surface area contributed by atoms with Gasteiger partial charge in [0.1, 0.15) is 5.82 Å². The van der Waals surface area contributed by atoms with E-state index in [1.165, 1.54) is 7.11 Å². The Balaban J connectivity index is 2.97. The molecule has 1 rings (SSSR count). The molecule has 0 N–H and O–H groups in total. The number of rotatable bonds is 3. The highest BCUT2D eigenvalue weighted by molar-refractivity contribution is 7.99. The van der Waals surface area contributed by atoms with E-state index in [9.17, 15) is 8.78 Å². The summed E-state index contributed by atoms with van der Waals surface area (Å²) in [6, 6.07) is 3.83. The van der Waals surface area contributed by atoms with Gasteiger partial charge in [0.15, 0.2) is 11.6 Å². The van der Waals surface area contributed by atoms with Crippen LogP contribution in [-0.2, 0) is 0 Å². The van der Waals surface area contributed by atoms with Gasteiger partial charge in [-0.1, -0.05) is 0 Å². The third-order valence-electron chi connectivity index (χ3n) is 1.50. The van der Waals surface area contributed by atoms with Crippen molar-refractivity contribution in [3.8, 4) is 11.8 Å². The third kappa shape index (κ3) is 2.36. The lowest BCUT2D eigenvalue weighted by atomic mass is 10.3. The van der Waals surface area contributed by atoms with E-state index in [0.717, 1.165) is 23.9 Å². The van der Waals surface area contributed by atoms with Crippen molar-refractivity contribution in [3.63, 3.8) is 0 Å². The molecule has 0 heterocycles. The Bertz CT molecular complexity index is 376. The molecule has 0 bridgehead atoms. The van der Waals surface area contributed by atoms with Gasteiger partial charge in [0.05, 0.1) is 18.9 Å². The highest BCUT2D eigenvalue weighted by Crippen LogP contribution is 2.27.